The molecule has 102 valence electrons. The minimum absolute atomic E-state index is 0.0229. The van der Waals surface area contributed by atoms with E-state index in [0.29, 0.717) is 19.7 Å². The van der Waals surface area contributed by atoms with Crippen molar-refractivity contribution in [3.63, 3.8) is 0 Å². The molecule has 18 heavy (non-hydrogen) atoms. The molecule has 2 fully saturated rings. The fraction of sp³-hybridized carbons (Fsp3) is 0.846. The molecule has 0 saturated carbocycles. The van der Waals surface area contributed by atoms with Crippen LogP contribution in [0.4, 0.5) is 0 Å². The van der Waals surface area contributed by atoms with E-state index in [1.807, 2.05) is 4.90 Å². The number of hydrogen-bond donors (Lipinski definition) is 1. The van der Waals surface area contributed by atoms with Crippen LogP contribution in [0, 0.1) is 11.8 Å². The summed E-state index contributed by atoms with van der Waals surface area (Å²) >= 11 is 0. The number of carboxylic acid groups (broad SMARTS) is 1. The molecule has 2 saturated heterocycles. The van der Waals surface area contributed by atoms with Crippen molar-refractivity contribution < 1.29 is 19.4 Å². The number of aliphatic carboxylic acids is 1. The van der Waals surface area contributed by atoms with Crippen LogP contribution in [0.3, 0.4) is 0 Å². The number of piperidine rings is 1. The molecule has 0 bridgehead atoms. The van der Waals surface area contributed by atoms with Crippen LogP contribution in [-0.4, -0.2) is 48.2 Å². The molecule has 2 aliphatic rings. The number of carboxylic acids is 1. The summed E-state index contributed by atoms with van der Waals surface area (Å²) in [6, 6.07) is 0. The third-order valence-electron chi connectivity index (χ3n) is 3.90. The lowest BCUT2D eigenvalue weighted by Crippen LogP contribution is -2.44. The van der Waals surface area contributed by atoms with Gasteiger partial charge in [0.15, 0.2) is 0 Å². The molecule has 0 aromatic carbocycles. The predicted octanol–water partition coefficient (Wildman–Crippen LogP) is 1.13. The van der Waals surface area contributed by atoms with Gasteiger partial charge in [-0.25, -0.2) is 0 Å². The molecule has 2 heterocycles. The third kappa shape index (κ3) is 3.45. The fourth-order valence-corrected chi connectivity index (χ4v) is 2.80. The minimum Gasteiger partial charge on any atom is -0.481 e. The van der Waals surface area contributed by atoms with Gasteiger partial charge in [-0.15, -0.1) is 0 Å². The summed E-state index contributed by atoms with van der Waals surface area (Å²) in [5.41, 5.74) is 0. The first kappa shape index (κ1) is 13.3. The van der Waals surface area contributed by atoms with Gasteiger partial charge in [-0.3, -0.25) is 9.59 Å². The summed E-state index contributed by atoms with van der Waals surface area (Å²) in [6.45, 7) is 2.72. The number of rotatable bonds is 3. The van der Waals surface area contributed by atoms with Gasteiger partial charge in [-0.1, -0.05) is 0 Å². The van der Waals surface area contributed by atoms with Gasteiger partial charge in [0.05, 0.1) is 12.5 Å². The lowest BCUT2D eigenvalue weighted by Gasteiger charge is -2.34. The lowest BCUT2D eigenvalue weighted by atomic mass is 9.92. The van der Waals surface area contributed by atoms with Gasteiger partial charge in [-0.05, 0) is 31.6 Å². The van der Waals surface area contributed by atoms with Crippen molar-refractivity contribution >= 4 is 11.9 Å². The molecule has 2 aliphatic heterocycles. The van der Waals surface area contributed by atoms with Gasteiger partial charge in [0.2, 0.25) is 5.91 Å². The Morgan fingerprint density at radius 3 is 2.50 bits per heavy atom. The summed E-state index contributed by atoms with van der Waals surface area (Å²) in [7, 11) is 0. The van der Waals surface area contributed by atoms with Gasteiger partial charge < -0.3 is 14.7 Å². The third-order valence-corrected chi connectivity index (χ3v) is 3.90. The predicted molar refractivity (Wildman–Crippen MR) is 65.1 cm³/mol. The molecule has 0 aliphatic carbocycles. The molecule has 0 aromatic rings. The van der Waals surface area contributed by atoms with Crippen LogP contribution < -0.4 is 0 Å². The Bertz CT molecular complexity index is 304. The van der Waals surface area contributed by atoms with Crippen molar-refractivity contribution in [1.82, 2.24) is 4.90 Å². The Morgan fingerprint density at radius 2 is 1.94 bits per heavy atom. The molecule has 5 heteroatoms. The quantitative estimate of drug-likeness (QED) is 0.821. The first-order chi connectivity index (χ1) is 8.66. The van der Waals surface area contributed by atoms with Crippen LogP contribution in [0.25, 0.3) is 0 Å². The van der Waals surface area contributed by atoms with Crippen LogP contribution in [0.15, 0.2) is 0 Å². The van der Waals surface area contributed by atoms with Gasteiger partial charge in [0.1, 0.15) is 0 Å². The molecular weight excluding hydrogens is 234 g/mol. The van der Waals surface area contributed by atoms with Crippen molar-refractivity contribution in [3.05, 3.63) is 0 Å². The highest BCUT2D eigenvalue weighted by Gasteiger charge is 2.30. The second-order valence-corrected chi connectivity index (χ2v) is 5.28. The molecule has 1 atom stereocenters. The van der Waals surface area contributed by atoms with E-state index in [9.17, 15) is 9.59 Å². The largest absolute Gasteiger partial charge is 0.481 e. The molecule has 1 unspecified atom stereocenters. The highest BCUT2D eigenvalue weighted by atomic mass is 16.5. The van der Waals surface area contributed by atoms with Gasteiger partial charge >= 0.3 is 5.97 Å². The van der Waals surface area contributed by atoms with Crippen molar-refractivity contribution in [3.8, 4) is 0 Å². The fourth-order valence-electron chi connectivity index (χ4n) is 2.80. The first-order valence-corrected chi connectivity index (χ1v) is 6.75. The van der Waals surface area contributed by atoms with Crippen LogP contribution in [-0.2, 0) is 14.3 Å². The standard InChI is InChI=1S/C13H21NO4/c15-12(16)8-10-3-5-14(6-4-10)13(17)11-2-1-7-18-9-11/h10-11H,1-9H2,(H,15,16). The monoisotopic (exact) mass is 255 g/mol. The molecule has 0 radical (unpaired) electrons. The molecule has 2 rings (SSSR count). The Kier molecular flexibility index (Phi) is 4.58. The highest BCUT2D eigenvalue weighted by molar-refractivity contribution is 5.79. The number of likely N-dealkylation sites (tertiary alicyclic amines) is 1. The van der Waals surface area contributed by atoms with Crippen molar-refractivity contribution in [2.75, 3.05) is 26.3 Å². The SMILES string of the molecule is O=C(O)CC1CCN(C(=O)C2CCCOC2)CC1. The van der Waals surface area contributed by atoms with Crippen LogP contribution >= 0.6 is 0 Å². The van der Waals surface area contributed by atoms with Crippen LogP contribution in [0.5, 0.6) is 0 Å². The molecule has 5 nitrogen and oxygen atoms in total. The topological polar surface area (TPSA) is 66.8 Å². The number of ether oxygens (including phenoxy) is 1. The Hall–Kier alpha value is -1.10. The average Bonchev–Trinajstić information content (AvgIpc) is 2.39. The maximum absolute atomic E-state index is 12.2. The van der Waals surface area contributed by atoms with E-state index in [0.717, 1.165) is 32.3 Å². The first-order valence-electron chi connectivity index (χ1n) is 6.75. The highest BCUT2D eigenvalue weighted by Crippen LogP contribution is 2.23. The number of carbonyl (C=O) groups is 2. The summed E-state index contributed by atoms with van der Waals surface area (Å²) < 4.78 is 5.34. The van der Waals surface area contributed by atoms with E-state index in [-0.39, 0.29) is 24.2 Å². The van der Waals surface area contributed by atoms with Crippen LogP contribution in [0.2, 0.25) is 0 Å². The lowest BCUT2D eigenvalue weighted by molar-refractivity contribution is -0.141. The van der Waals surface area contributed by atoms with Crippen molar-refractivity contribution in [2.45, 2.75) is 32.1 Å². The molecule has 0 spiro atoms. The Labute approximate surface area is 107 Å². The average molecular weight is 255 g/mol. The van der Waals surface area contributed by atoms with E-state index in [1.165, 1.54) is 0 Å². The van der Waals surface area contributed by atoms with E-state index in [1.54, 1.807) is 0 Å². The summed E-state index contributed by atoms with van der Waals surface area (Å²) in [5.74, 6) is -0.284. The molecule has 1 amide bonds. The molecular formula is C13H21NO4. The van der Waals surface area contributed by atoms with Crippen molar-refractivity contribution in [2.24, 2.45) is 11.8 Å². The molecule has 1 N–H and O–H groups in total. The second-order valence-electron chi connectivity index (χ2n) is 5.28. The van der Waals surface area contributed by atoms with Crippen LogP contribution in [0.1, 0.15) is 32.1 Å². The number of carbonyl (C=O) groups excluding carboxylic acids is 1. The van der Waals surface area contributed by atoms with Gasteiger partial charge in [-0.2, -0.15) is 0 Å². The van der Waals surface area contributed by atoms with E-state index in [4.69, 9.17) is 9.84 Å². The Morgan fingerprint density at radius 1 is 1.22 bits per heavy atom. The maximum Gasteiger partial charge on any atom is 0.303 e. The normalized spacial score (nSPS) is 26.0. The smallest absolute Gasteiger partial charge is 0.303 e. The Balaban J connectivity index is 1.78. The van der Waals surface area contributed by atoms with E-state index < -0.39 is 5.97 Å². The number of hydrogen-bond acceptors (Lipinski definition) is 3. The van der Waals surface area contributed by atoms with Gasteiger partial charge in [0, 0.05) is 26.1 Å². The summed E-state index contributed by atoms with van der Waals surface area (Å²) in [6.07, 6.45) is 3.74. The zero-order valence-corrected chi connectivity index (χ0v) is 10.6. The minimum atomic E-state index is -0.736. The van der Waals surface area contributed by atoms with Gasteiger partial charge in [0.25, 0.3) is 0 Å². The molecule has 0 aromatic heterocycles. The zero-order valence-electron chi connectivity index (χ0n) is 10.6. The summed E-state index contributed by atoms with van der Waals surface area (Å²) in [4.78, 5) is 24.7. The van der Waals surface area contributed by atoms with E-state index in [2.05, 4.69) is 0 Å². The second kappa shape index (κ2) is 6.18. The number of nitrogens with zero attached hydrogens (tertiary/aromatic N) is 1. The van der Waals surface area contributed by atoms with Crippen molar-refractivity contribution in [1.29, 1.82) is 0 Å². The summed E-state index contributed by atoms with van der Waals surface area (Å²) in [5, 5.41) is 8.75. The zero-order chi connectivity index (χ0) is 13.0. The number of amides is 1. The van der Waals surface area contributed by atoms with E-state index >= 15 is 0 Å². The maximum atomic E-state index is 12.2.